The Labute approximate surface area is 156 Å². The molecule has 1 aromatic rings. The number of sulfonamides is 1. The van der Waals surface area contributed by atoms with Crippen molar-refractivity contribution < 1.29 is 22.8 Å². The van der Waals surface area contributed by atoms with Crippen molar-refractivity contribution in [3.8, 4) is 0 Å². The van der Waals surface area contributed by atoms with Crippen LogP contribution in [0.1, 0.15) is 18.9 Å². The first-order valence-corrected chi connectivity index (χ1v) is 10.6. The zero-order chi connectivity index (χ0) is 19.1. The summed E-state index contributed by atoms with van der Waals surface area (Å²) in [5, 5.41) is 2.38. The summed E-state index contributed by atoms with van der Waals surface area (Å²) in [7, 11) is -3.72. The van der Waals surface area contributed by atoms with Gasteiger partial charge in [-0.3, -0.25) is 19.3 Å². The van der Waals surface area contributed by atoms with Crippen molar-refractivity contribution in [3.05, 3.63) is 23.8 Å². The van der Waals surface area contributed by atoms with Gasteiger partial charge in [0.2, 0.25) is 21.8 Å². The van der Waals surface area contributed by atoms with Gasteiger partial charge >= 0.3 is 0 Å². The van der Waals surface area contributed by atoms with Crippen LogP contribution in [0.5, 0.6) is 0 Å². The fraction of sp³-hybridized carbons (Fsp3) is 0.438. The second-order valence-electron chi connectivity index (χ2n) is 6.18. The minimum atomic E-state index is -3.72. The van der Waals surface area contributed by atoms with E-state index in [1.54, 1.807) is 26.0 Å². The molecule has 140 valence electrons. The Morgan fingerprint density at radius 2 is 2.00 bits per heavy atom. The molecule has 3 amide bonds. The van der Waals surface area contributed by atoms with E-state index in [0.717, 1.165) is 16.7 Å². The van der Waals surface area contributed by atoms with Gasteiger partial charge in [-0.05, 0) is 30.7 Å². The maximum absolute atomic E-state index is 12.8. The summed E-state index contributed by atoms with van der Waals surface area (Å²) in [5.41, 5.74) is 1.06. The van der Waals surface area contributed by atoms with Crippen molar-refractivity contribution in [2.75, 3.05) is 24.2 Å². The standard InChI is InChI=1S/C16H19N3O5S2/c1-3-14(20)17-11-4-5-13(10(2)6-11)26(23,24)18-7-12(8-18)19-15(21)9-25-16(19)22/h4-6,12H,3,7-9H2,1-2H3,(H,17,20). The molecule has 1 aromatic carbocycles. The van der Waals surface area contributed by atoms with E-state index in [0.29, 0.717) is 17.7 Å². The number of rotatable bonds is 5. The highest BCUT2D eigenvalue weighted by molar-refractivity contribution is 8.14. The zero-order valence-corrected chi connectivity index (χ0v) is 16.0. The van der Waals surface area contributed by atoms with E-state index >= 15 is 0 Å². The number of thioether (sulfide) groups is 1. The van der Waals surface area contributed by atoms with Gasteiger partial charge in [-0.25, -0.2) is 8.42 Å². The van der Waals surface area contributed by atoms with E-state index in [4.69, 9.17) is 0 Å². The molecule has 8 nitrogen and oxygen atoms in total. The molecule has 3 rings (SSSR count). The lowest BCUT2D eigenvalue weighted by molar-refractivity contribution is -0.127. The molecule has 2 saturated heterocycles. The lowest BCUT2D eigenvalue weighted by Crippen LogP contribution is -2.61. The average Bonchev–Trinajstić information content (AvgIpc) is 2.85. The molecule has 0 radical (unpaired) electrons. The van der Waals surface area contributed by atoms with Crippen LogP contribution in [0, 0.1) is 6.92 Å². The number of carbonyl (C=O) groups is 3. The Hall–Kier alpha value is -1.91. The summed E-state index contributed by atoms with van der Waals surface area (Å²) < 4.78 is 26.8. The van der Waals surface area contributed by atoms with Gasteiger partial charge in [0, 0.05) is 25.2 Å². The molecule has 26 heavy (non-hydrogen) atoms. The van der Waals surface area contributed by atoms with Crippen LogP contribution in [0.3, 0.4) is 0 Å². The molecule has 0 aliphatic carbocycles. The van der Waals surface area contributed by atoms with Gasteiger partial charge in [0.1, 0.15) is 0 Å². The van der Waals surface area contributed by atoms with E-state index in [2.05, 4.69) is 5.32 Å². The van der Waals surface area contributed by atoms with Crippen molar-refractivity contribution in [3.63, 3.8) is 0 Å². The molecule has 2 fully saturated rings. The molecule has 0 atom stereocenters. The molecule has 1 N–H and O–H groups in total. The van der Waals surface area contributed by atoms with Gasteiger partial charge in [0.25, 0.3) is 5.24 Å². The van der Waals surface area contributed by atoms with Crippen LogP contribution in [0.4, 0.5) is 10.5 Å². The number of aryl methyl sites for hydroxylation is 1. The Balaban J connectivity index is 1.72. The molecular weight excluding hydrogens is 378 g/mol. The van der Waals surface area contributed by atoms with Crippen LogP contribution >= 0.6 is 11.8 Å². The third-order valence-electron chi connectivity index (χ3n) is 4.38. The molecule has 2 aliphatic rings. The average molecular weight is 397 g/mol. The monoisotopic (exact) mass is 397 g/mol. The van der Waals surface area contributed by atoms with Crippen molar-refractivity contribution in [1.29, 1.82) is 0 Å². The summed E-state index contributed by atoms with van der Waals surface area (Å²) >= 11 is 0.942. The van der Waals surface area contributed by atoms with Crippen molar-refractivity contribution in [2.45, 2.75) is 31.2 Å². The maximum Gasteiger partial charge on any atom is 0.289 e. The number of hydrogen-bond donors (Lipinski definition) is 1. The SMILES string of the molecule is CCC(=O)Nc1ccc(S(=O)(=O)N2CC(N3C(=O)CSC3=O)C2)c(C)c1. The van der Waals surface area contributed by atoms with Crippen molar-refractivity contribution in [1.82, 2.24) is 9.21 Å². The highest BCUT2D eigenvalue weighted by Gasteiger charge is 2.46. The first kappa shape index (κ1) is 18.9. The number of nitrogens with one attached hydrogen (secondary N) is 1. The molecule has 0 bridgehead atoms. The molecule has 0 saturated carbocycles. The Morgan fingerprint density at radius 3 is 2.54 bits per heavy atom. The topological polar surface area (TPSA) is 104 Å². The molecule has 0 aromatic heterocycles. The van der Waals surface area contributed by atoms with Gasteiger partial charge in [0.15, 0.2) is 0 Å². The Bertz CT molecular complexity index is 862. The number of amides is 3. The minimum Gasteiger partial charge on any atom is -0.326 e. The Kier molecular flexibility index (Phi) is 5.09. The lowest BCUT2D eigenvalue weighted by atomic mass is 10.1. The fourth-order valence-corrected chi connectivity index (χ4v) is 5.39. The number of nitrogens with zero attached hydrogens (tertiary/aromatic N) is 2. The van der Waals surface area contributed by atoms with Crippen LogP contribution in [-0.2, 0) is 19.6 Å². The van der Waals surface area contributed by atoms with E-state index in [-0.39, 0.29) is 40.8 Å². The fourth-order valence-electron chi connectivity index (χ4n) is 2.90. The maximum atomic E-state index is 12.8. The summed E-state index contributed by atoms with van der Waals surface area (Å²) in [6.07, 6.45) is 0.334. The highest BCUT2D eigenvalue weighted by Crippen LogP contribution is 2.31. The molecule has 2 aliphatic heterocycles. The molecule has 2 heterocycles. The molecule has 0 unspecified atom stereocenters. The number of anilines is 1. The second kappa shape index (κ2) is 7.01. The quantitative estimate of drug-likeness (QED) is 0.806. The smallest absolute Gasteiger partial charge is 0.289 e. The number of benzene rings is 1. The Morgan fingerprint density at radius 1 is 1.31 bits per heavy atom. The second-order valence-corrected chi connectivity index (χ2v) is 9.01. The van der Waals surface area contributed by atoms with Crippen LogP contribution in [-0.4, -0.2) is 59.6 Å². The summed E-state index contributed by atoms with van der Waals surface area (Å²) in [5.74, 6) is -0.302. The van der Waals surface area contributed by atoms with Gasteiger partial charge in [-0.1, -0.05) is 18.7 Å². The zero-order valence-electron chi connectivity index (χ0n) is 14.4. The first-order chi connectivity index (χ1) is 12.2. The first-order valence-electron chi connectivity index (χ1n) is 8.13. The van der Waals surface area contributed by atoms with E-state index in [1.165, 1.54) is 10.4 Å². The van der Waals surface area contributed by atoms with Crippen molar-refractivity contribution >= 4 is 44.5 Å². The molecule has 10 heteroatoms. The van der Waals surface area contributed by atoms with Crippen LogP contribution < -0.4 is 5.32 Å². The van der Waals surface area contributed by atoms with E-state index in [1.807, 2.05) is 0 Å². The summed E-state index contributed by atoms with van der Waals surface area (Å²) in [4.78, 5) is 36.2. The van der Waals surface area contributed by atoms with Crippen LogP contribution in [0.25, 0.3) is 0 Å². The van der Waals surface area contributed by atoms with Gasteiger partial charge in [-0.15, -0.1) is 0 Å². The molecular formula is C16H19N3O5S2. The van der Waals surface area contributed by atoms with Gasteiger partial charge in [0.05, 0.1) is 16.7 Å². The highest BCUT2D eigenvalue weighted by atomic mass is 32.2. The van der Waals surface area contributed by atoms with E-state index < -0.39 is 16.1 Å². The van der Waals surface area contributed by atoms with Crippen LogP contribution in [0.2, 0.25) is 0 Å². The number of imide groups is 1. The summed E-state index contributed by atoms with van der Waals surface area (Å²) in [6, 6.07) is 4.23. The van der Waals surface area contributed by atoms with Crippen LogP contribution in [0.15, 0.2) is 23.1 Å². The third-order valence-corrected chi connectivity index (χ3v) is 7.20. The number of hydrogen-bond acceptors (Lipinski definition) is 6. The predicted octanol–water partition coefficient (Wildman–Crippen LogP) is 1.41. The third kappa shape index (κ3) is 3.36. The largest absolute Gasteiger partial charge is 0.326 e. The van der Waals surface area contributed by atoms with Gasteiger partial charge < -0.3 is 5.32 Å². The minimum absolute atomic E-state index is 0.105. The molecule has 0 spiro atoms. The lowest BCUT2D eigenvalue weighted by Gasteiger charge is -2.41. The van der Waals surface area contributed by atoms with E-state index in [9.17, 15) is 22.8 Å². The normalized spacial score (nSPS) is 18.9. The van der Waals surface area contributed by atoms with Crippen molar-refractivity contribution in [2.24, 2.45) is 0 Å². The van der Waals surface area contributed by atoms with Gasteiger partial charge in [-0.2, -0.15) is 4.31 Å². The predicted molar refractivity (Wildman–Crippen MR) is 97.3 cm³/mol. The number of carbonyl (C=O) groups excluding carboxylic acids is 3. The summed E-state index contributed by atoms with van der Waals surface area (Å²) in [6.45, 7) is 3.61.